The van der Waals surface area contributed by atoms with Crippen molar-refractivity contribution in [2.24, 2.45) is 11.8 Å². The van der Waals surface area contributed by atoms with Crippen LogP contribution >= 0.6 is 0 Å². The Morgan fingerprint density at radius 3 is 1.39 bits per heavy atom. The number of rotatable bonds is 6. The van der Waals surface area contributed by atoms with Crippen LogP contribution in [0.1, 0.15) is 66.3 Å². The van der Waals surface area contributed by atoms with Gasteiger partial charge >= 0.3 is 0 Å². The minimum absolute atomic E-state index is 0.343. The topological polar surface area (TPSA) is 77.5 Å². The number of ketones is 4. The van der Waals surface area contributed by atoms with Crippen molar-refractivity contribution in [3.05, 3.63) is 101 Å². The Labute approximate surface area is 191 Å². The lowest BCUT2D eigenvalue weighted by Gasteiger charge is -2.26. The van der Waals surface area contributed by atoms with Crippen molar-refractivity contribution >= 4 is 23.1 Å². The van der Waals surface area contributed by atoms with Gasteiger partial charge in [-0.2, -0.15) is 0 Å². The molecule has 0 radical (unpaired) electrons. The van der Waals surface area contributed by atoms with Gasteiger partial charge in [-0.3, -0.25) is 19.2 Å². The van der Waals surface area contributed by atoms with Crippen LogP contribution in [0.2, 0.25) is 0 Å². The van der Waals surface area contributed by atoms with E-state index in [0.717, 1.165) is 6.42 Å². The maximum atomic E-state index is 13.4. The number of ether oxygens (including phenoxy) is 1. The van der Waals surface area contributed by atoms with E-state index in [-0.39, 0.29) is 23.1 Å². The molecule has 164 valence electrons. The molecule has 0 fully saturated rings. The number of hydrogen-bond acceptors (Lipinski definition) is 5. The lowest BCUT2D eigenvalue weighted by atomic mass is 9.72. The second kappa shape index (κ2) is 8.24. The third-order valence-corrected chi connectivity index (χ3v) is 6.50. The number of Topliss-reactive ketones (excluding diaryl/α,β-unsaturated/α-hetero) is 4. The minimum Gasteiger partial charge on any atom is -0.494 e. The largest absolute Gasteiger partial charge is 0.494 e. The highest BCUT2D eigenvalue weighted by atomic mass is 16.5. The van der Waals surface area contributed by atoms with E-state index in [1.54, 1.807) is 72.8 Å². The van der Waals surface area contributed by atoms with E-state index in [4.69, 9.17) is 4.74 Å². The summed E-state index contributed by atoms with van der Waals surface area (Å²) in [4.78, 5) is 53.6. The molecule has 0 heterocycles. The monoisotopic (exact) mass is 438 g/mol. The lowest BCUT2D eigenvalue weighted by molar-refractivity contribution is 0.0729. The molecule has 0 atom stereocenters. The molecule has 5 rings (SSSR count). The molecule has 0 saturated carbocycles. The van der Waals surface area contributed by atoms with E-state index >= 15 is 0 Å². The maximum absolute atomic E-state index is 13.4. The first-order valence-corrected chi connectivity index (χ1v) is 11.1. The first-order chi connectivity index (χ1) is 16.0. The molecule has 5 heteroatoms. The predicted molar refractivity (Wildman–Crippen MR) is 122 cm³/mol. The fourth-order valence-electron chi connectivity index (χ4n) is 4.97. The average molecular weight is 438 g/mol. The smallest absolute Gasteiger partial charge is 0.175 e. The van der Waals surface area contributed by atoms with Crippen LogP contribution in [0.3, 0.4) is 0 Å². The quantitative estimate of drug-likeness (QED) is 0.509. The molecule has 0 aromatic heterocycles. The second-order valence-corrected chi connectivity index (χ2v) is 8.45. The van der Waals surface area contributed by atoms with Crippen molar-refractivity contribution in [3.63, 3.8) is 0 Å². The molecule has 0 spiro atoms. The highest BCUT2D eigenvalue weighted by molar-refractivity contribution is 6.30. The van der Waals surface area contributed by atoms with Crippen molar-refractivity contribution in [1.82, 2.24) is 0 Å². The summed E-state index contributed by atoms with van der Waals surface area (Å²) in [6, 6.07) is 20.4. The molecule has 2 aliphatic rings. The SMILES string of the molecule is CCCOc1ccc(C(C2C(=O)c3ccccc3C2=O)C2C(=O)c3ccccc3C2=O)cc1. The van der Waals surface area contributed by atoms with Gasteiger partial charge < -0.3 is 4.74 Å². The van der Waals surface area contributed by atoms with Gasteiger partial charge in [0.2, 0.25) is 0 Å². The lowest BCUT2D eigenvalue weighted by Crippen LogP contribution is -2.34. The third kappa shape index (κ3) is 3.32. The van der Waals surface area contributed by atoms with Gasteiger partial charge in [0.1, 0.15) is 5.75 Å². The molecular weight excluding hydrogens is 416 g/mol. The molecule has 5 nitrogen and oxygen atoms in total. The van der Waals surface area contributed by atoms with Gasteiger partial charge in [0.25, 0.3) is 0 Å². The summed E-state index contributed by atoms with van der Waals surface area (Å²) < 4.78 is 5.66. The van der Waals surface area contributed by atoms with Crippen molar-refractivity contribution in [1.29, 1.82) is 0 Å². The molecule has 0 unspecified atom stereocenters. The summed E-state index contributed by atoms with van der Waals surface area (Å²) in [5.74, 6) is -3.88. The zero-order valence-electron chi connectivity index (χ0n) is 18.1. The molecule has 3 aromatic carbocycles. The third-order valence-electron chi connectivity index (χ3n) is 6.50. The summed E-state index contributed by atoms with van der Waals surface area (Å²) >= 11 is 0. The molecule has 33 heavy (non-hydrogen) atoms. The second-order valence-electron chi connectivity index (χ2n) is 8.45. The van der Waals surface area contributed by atoms with E-state index in [1.165, 1.54) is 0 Å². The number of benzene rings is 3. The van der Waals surface area contributed by atoms with Gasteiger partial charge in [0.15, 0.2) is 23.1 Å². The van der Waals surface area contributed by atoms with Crippen LogP contribution in [0.5, 0.6) is 5.75 Å². The van der Waals surface area contributed by atoms with E-state index in [1.807, 2.05) is 6.92 Å². The van der Waals surface area contributed by atoms with E-state index in [9.17, 15) is 19.2 Å². The molecule has 3 aromatic rings. The highest BCUT2D eigenvalue weighted by Crippen LogP contribution is 2.45. The van der Waals surface area contributed by atoms with Crippen LogP contribution in [0.15, 0.2) is 72.8 Å². The van der Waals surface area contributed by atoms with Gasteiger partial charge in [-0.25, -0.2) is 0 Å². The van der Waals surface area contributed by atoms with Crippen LogP contribution in [-0.4, -0.2) is 29.7 Å². The Hall–Kier alpha value is -3.86. The molecule has 0 aliphatic heterocycles. The van der Waals surface area contributed by atoms with Gasteiger partial charge in [0.05, 0.1) is 18.4 Å². The number of carbonyl (C=O) groups is 4. The maximum Gasteiger partial charge on any atom is 0.175 e. The van der Waals surface area contributed by atoms with Crippen molar-refractivity contribution in [3.8, 4) is 5.75 Å². The molecule has 0 saturated heterocycles. The van der Waals surface area contributed by atoms with Crippen molar-refractivity contribution in [2.45, 2.75) is 19.3 Å². The highest BCUT2D eigenvalue weighted by Gasteiger charge is 2.53. The fraction of sp³-hybridized carbons (Fsp3) is 0.214. The zero-order valence-corrected chi connectivity index (χ0v) is 18.1. The predicted octanol–water partition coefficient (Wildman–Crippen LogP) is 4.95. The number of hydrogen-bond donors (Lipinski definition) is 0. The Morgan fingerprint density at radius 1 is 0.636 bits per heavy atom. The first kappa shape index (κ1) is 21.0. The Kier molecular flexibility index (Phi) is 5.25. The number of carbonyl (C=O) groups excluding carboxylic acids is 4. The van der Waals surface area contributed by atoms with Gasteiger partial charge in [-0.1, -0.05) is 67.6 Å². The van der Waals surface area contributed by atoms with Crippen LogP contribution in [-0.2, 0) is 0 Å². The van der Waals surface area contributed by atoms with Crippen LogP contribution in [0.4, 0.5) is 0 Å². The Bertz CT molecular complexity index is 1140. The summed E-state index contributed by atoms with van der Waals surface area (Å²) in [5, 5.41) is 0. The summed E-state index contributed by atoms with van der Waals surface area (Å²) in [6.07, 6.45) is 0.858. The summed E-state index contributed by atoms with van der Waals surface area (Å²) in [7, 11) is 0. The fourth-order valence-corrected chi connectivity index (χ4v) is 4.97. The summed E-state index contributed by atoms with van der Waals surface area (Å²) in [6.45, 7) is 2.57. The normalized spacial score (nSPS) is 15.9. The van der Waals surface area contributed by atoms with Crippen LogP contribution in [0, 0.1) is 11.8 Å². The molecule has 0 amide bonds. The van der Waals surface area contributed by atoms with Gasteiger partial charge in [-0.05, 0) is 24.1 Å². The first-order valence-electron chi connectivity index (χ1n) is 11.1. The molecular formula is C28H22O5. The van der Waals surface area contributed by atoms with Crippen molar-refractivity contribution < 1.29 is 23.9 Å². The van der Waals surface area contributed by atoms with E-state index in [0.29, 0.717) is 40.2 Å². The molecule has 0 N–H and O–H groups in total. The van der Waals surface area contributed by atoms with Crippen LogP contribution in [0.25, 0.3) is 0 Å². The van der Waals surface area contributed by atoms with Gasteiger partial charge in [0, 0.05) is 28.2 Å². The zero-order chi connectivity index (χ0) is 23.1. The van der Waals surface area contributed by atoms with E-state index in [2.05, 4.69) is 0 Å². The standard InChI is InChI=1S/C28H22O5/c1-2-15-33-17-13-11-16(12-14-17)22(23-25(29)18-7-3-4-8-19(18)26(23)30)24-27(31)20-9-5-6-10-21(20)28(24)32/h3-14,22-24H,2,15H2,1H3. The van der Waals surface area contributed by atoms with Crippen LogP contribution < -0.4 is 4.74 Å². The molecule has 2 aliphatic carbocycles. The summed E-state index contributed by atoms with van der Waals surface area (Å²) in [5.41, 5.74) is 1.97. The Balaban J connectivity index is 1.61. The minimum atomic E-state index is -1.13. The van der Waals surface area contributed by atoms with Crippen molar-refractivity contribution in [2.75, 3.05) is 6.61 Å². The number of fused-ring (bicyclic) bond motifs is 2. The molecule has 0 bridgehead atoms. The van der Waals surface area contributed by atoms with E-state index < -0.39 is 17.8 Å². The average Bonchev–Trinajstić information content (AvgIpc) is 3.25. The van der Waals surface area contributed by atoms with Gasteiger partial charge in [-0.15, -0.1) is 0 Å². The Morgan fingerprint density at radius 2 is 1.03 bits per heavy atom.